The Kier molecular flexibility index (Phi) is 13.0. The zero-order valence-corrected chi connectivity index (χ0v) is 43.2. The molecular weight excluding hydrogens is 844 g/mol. The lowest BCUT2D eigenvalue weighted by atomic mass is 9.33. The lowest BCUT2D eigenvalue weighted by Crippen LogP contribution is -2.61. The summed E-state index contributed by atoms with van der Waals surface area (Å²) in [5.74, 6) is 3.99. The highest BCUT2D eigenvalue weighted by Crippen LogP contribution is 2.50. The van der Waals surface area contributed by atoms with Crippen LogP contribution in [0.25, 0.3) is 0 Å². The molecule has 2 aliphatic heterocycles. The van der Waals surface area contributed by atoms with Gasteiger partial charge in [0.2, 0.25) is 0 Å². The first-order valence-electron chi connectivity index (χ1n) is 29.9. The van der Waals surface area contributed by atoms with Gasteiger partial charge in [0.1, 0.15) is 0 Å². The summed E-state index contributed by atoms with van der Waals surface area (Å²) in [5.41, 5.74) is 24.3. The number of hydrogen-bond donors (Lipinski definition) is 0. The molecule has 5 aromatic rings. The van der Waals surface area contributed by atoms with Gasteiger partial charge in [0, 0.05) is 34.1 Å². The summed E-state index contributed by atoms with van der Waals surface area (Å²) in [6.45, 7) is 2.60. The van der Waals surface area contributed by atoms with Crippen LogP contribution in [0.4, 0.5) is 34.1 Å². The van der Waals surface area contributed by atoms with Crippen LogP contribution in [0.3, 0.4) is 0 Å². The number of nitrogens with zero attached hydrogens (tertiary/aromatic N) is 2. The second-order valence-electron chi connectivity index (χ2n) is 24.7. The number of fused-ring (bicyclic) bond motifs is 4. The third-order valence-corrected chi connectivity index (χ3v) is 20.2. The van der Waals surface area contributed by atoms with E-state index in [9.17, 15) is 0 Å². The van der Waals surface area contributed by atoms with E-state index in [0.717, 1.165) is 0 Å². The molecule has 3 heteroatoms. The summed E-state index contributed by atoms with van der Waals surface area (Å²) in [7, 11) is 0. The minimum absolute atomic E-state index is 0.183. The minimum Gasteiger partial charge on any atom is -0.311 e. The number of hydrogen-bond acceptors (Lipinski definition) is 2. The predicted molar refractivity (Wildman–Crippen MR) is 300 cm³/mol. The SMILES string of the molecule is Cc1cc2c3c(c1)N(c1cc(C4CCCCC4)cc(C4CCCCC4)c1)c1cc(C4CCCCC4)ccc1B3c1ccc(C3CCCCC3)cc1N2c1cc(C2CCCCC2)cc(C2CCCCC2)c1. The van der Waals surface area contributed by atoms with Crippen LogP contribution in [0.2, 0.25) is 0 Å². The monoisotopic (exact) mass is 927 g/mol. The van der Waals surface area contributed by atoms with Crippen molar-refractivity contribution in [2.24, 2.45) is 0 Å². The smallest absolute Gasteiger partial charge is 0.252 e. The fraction of sp³-hybridized carbons (Fsp3) is 0.552. The molecule has 0 spiro atoms. The Morgan fingerprint density at radius 2 is 0.586 bits per heavy atom. The average Bonchev–Trinajstić information content (AvgIpc) is 3.43. The van der Waals surface area contributed by atoms with E-state index >= 15 is 0 Å². The molecule has 0 bridgehead atoms. The van der Waals surface area contributed by atoms with Gasteiger partial charge in [-0.1, -0.05) is 152 Å². The van der Waals surface area contributed by atoms with Gasteiger partial charge in [0.15, 0.2) is 0 Å². The molecule has 6 saturated carbocycles. The van der Waals surface area contributed by atoms with Crippen LogP contribution < -0.4 is 26.2 Å². The average molecular weight is 927 g/mol. The van der Waals surface area contributed by atoms with Gasteiger partial charge < -0.3 is 9.80 Å². The molecule has 0 aromatic heterocycles. The summed E-state index contributed by atoms with van der Waals surface area (Å²) in [4.78, 5) is 5.71. The van der Waals surface area contributed by atoms with Crippen LogP contribution in [0.1, 0.15) is 267 Å². The Morgan fingerprint density at radius 3 is 0.886 bits per heavy atom. The Balaban J connectivity index is 1.05. The van der Waals surface area contributed by atoms with E-state index in [2.05, 4.69) is 102 Å². The zero-order valence-electron chi connectivity index (χ0n) is 43.2. The van der Waals surface area contributed by atoms with E-state index < -0.39 is 0 Å². The molecule has 6 aliphatic carbocycles. The fourth-order valence-electron chi connectivity index (χ4n) is 16.4. The minimum atomic E-state index is 0.183. The van der Waals surface area contributed by atoms with E-state index in [0.29, 0.717) is 35.5 Å². The molecule has 0 N–H and O–H groups in total. The number of benzene rings is 5. The van der Waals surface area contributed by atoms with Gasteiger partial charge in [-0.15, -0.1) is 0 Å². The van der Waals surface area contributed by atoms with Crippen molar-refractivity contribution in [2.45, 2.75) is 235 Å². The second-order valence-corrected chi connectivity index (χ2v) is 24.7. The van der Waals surface area contributed by atoms with Crippen LogP contribution in [0, 0.1) is 6.92 Å². The lowest BCUT2D eigenvalue weighted by Gasteiger charge is -2.45. The van der Waals surface area contributed by atoms with E-state index in [1.165, 1.54) is 249 Å². The maximum Gasteiger partial charge on any atom is 0.252 e. The van der Waals surface area contributed by atoms with Crippen molar-refractivity contribution in [1.82, 2.24) is 0 Å². The van der Waals surface area contributed by atoms with Crippen molar-refractivity contribution in [3.63, 3.8) is 0 Å². The normalized spacial score (nSPS) is 22.2. The zero-order chi connectivity index (χ0) is 46.5. The Morgan fingerprint density at radius 1 is 0.300 bits per heavy atom. The van der Waals surface area contributed by atoms with Crippen LogP contribution in [0.5, 0.6) is 0 Å². The van der Waals surface area contributed by atoms with Gasteiger partial charge in [-0.2, -0.15) is 0 Å². The summed E-state index contributed by atoms with van der Waals surface area (Å²) < 4.78 is 0. The molecule has 2 nitrogen and oxygen atoms in total. The quantitative estimate of drug-likeness (QED) is 0.140. The summed E-state index contributed by atoms with van der Waals surface area (Å²) in [5, 5.41) is 0. The number of anilines is 6. The molecule has 0 radical (unpaired) electrons. The van der Waals surface area contributed by atoms with E-state index in [-0.39, 0.29) is 6.71 Å². The van der Waals surface area contributed by atoms with E-state index in [1.807, 2.05) is 0 Å². The van der Waals surface area contributed by atoms with Gasteiger partial charge in [-0.25, -0.2) is 0 Å². The summed E-state index contributed by atoms with van der Waals surface area (Å²) in [6.07, 6.45) is 40.9. The van der Waals surface area contributed by atoms with Gasteiger partial charge >= 0.3 is 0 Å². The standard InChI is InChI=1S/C67H83BN2/c1-46-36-65-67-66(37-46)70(60-42-57(51-28-16-6-17-29-51)39-58(43-60)52-30-18-7-19-31-52)64-45-54(48-22-10-3-11-23-48)33-35-62(64)68(67)61-34-32-53(47-20-8-2-9-21-47)44-63(61)69(65)59-40-55(49-24-12-4-13-25-49)38-56(41-59)50-26-14-5-15-27-50/h32-45,47-52H,2-31H2,1H3. The number of aryl methyl sites for hydroxylation is 1. The van der Waals surface area contributed by atoms with Gasteiger partial charge in [-0.05, 0) is 223 Å². The highest BCUT2D eigenvalue weighted by molar-refractivity contribution is 7.00. The molecule has 364 valence electrons. The Bertz CT molecular complexity index is 2410. The Hall–Kier alpha value is -4.24. The topological polar surface area (TPSA) is 6.48 Å². The van der Waals surface area contributed by atoms with E-state index in [4.69, 9.17) is 0 Å². The molecular formula is C67H83BN2. The third-order valence-electron chi connectivity index (χ3n) is 20.2. The fourth-order valence-corrected chi connectivity index (χ4v) is 16.4. The molecule has 5 aromatic carbocycles. The number of rotatable bonds is 8. The van der Waals surface area contributed by atoms with Crippen molar-refractivity contribution in [2.75, 3.05) is 9.80 Å². The first-order chi connectivity index (χ1) is 34.6. The molecule has 0 atom stereocenters. The van der Waals surface area contributed by atoms with Crippen LogP contribution in [-0.4, -0.2) is 6.71 Å². The third kappa shape index (κ3) is 8.72. The Labute approximate surface area is 423 Å². The van der Waals surface area contributed by atoms with Crippen molar-refractivity contribution in [3.05, 3.63) is 124 Å². The molecule has 2 heterocycles. The molecule has 0 saturated heterocycles. The highest BCUT2D eigenvalue weighted by Gasteiger charge is 2.45. The molecule has 70 heavy (non-hydrogen) atoms. The second kappa shape index (κ2) is 20.0. The van der Waals surface area contributed by atoms with Crippen LogP contribution in [0.15, 0.2) is 84.9 Å². The highest BCUT2D eigenvalue weighted by atomic mass is 15.2. The first-order valence-corrected chi connectivity index (χ1v) is 29.9. The predicted octanol–water partition coefficient (Wildman–Crippen LogP) is 18.4. The van der Waals surface area contributed by atoms with Crippen molar-refractivity contribution in [1.29, 1.82) is 0 Å². The van der Waals surface area contributed by atoms with Gasteiger partial charge in [0.05, 0.1) is 0 Å². The lowest BCUT2D eigenvalue weighted by molar-refractivity contribution is 0.435. The summed E-state index contributed by atoms with van der Waals surface area (Å²) >= 11 is 0. The maximum atomic E-state index is 2.86. The van der Waals surface area contributed by atoms with E-state index in [1.54, 1.807) is 33.4 Å². The maximum absolute atomic E-state index is 2.86. The van der Waals surface area contributed by atoms with Gasteiger partial charge in [-0.3, -0.25) is 0 Å². The molecule has 13 rings (SSSR count). The molecule has 6 fully saturated rings. The molecule has 8 aliphatic rings. The van der Waals surface area contributed by atoms with Crippen LogP contribution in [-0.2, 0) is 0 Å². The summed E-state index contributed by atoms with van der Waals surface area (Å²) in [6, 6.07) is 37.5. The largest absolute Gasteiger partial charge is 0.311 e. The molecule has 0 unspecified atom stereocenters. The van der Waals surface area contributed by atoms with Gasteiger partial charge in [0.25, 0.3) is 6.71 Å². The first kappa shape index (κ1) is 45.6. The van der Waals surface area contributed by atoms with Crippen molar-refractivity contribution in [3.8, 4) is 0 Å². The van der Waals surface area contributed by atoms with Crippen molar-refractivity contribution >= 4 is 57.2 Å². The van der Waals surface area contributed by atoms with Crippen LogP contribution >= 0.6 is 0 Å². The van der Waals surface area contributed by atoms with Crippen molar-refractivity contribution < 1.29 is 0 Å². The molecule has 0 amide bonds.